The summed E-state index contributed by atoms with van der Waals surface area (Å²) in [5, 5.41) is 13.8. The standard InChI is InChI=1S/C22H20N2O4/c1-16-19(13-8-14-20(16)24(26)27)23-21(25)15-28-22(17-9-4-2-5-10-17)18-11-6-3-7-12-18/h2-14,22H,15H2,1H3,(H,23,25). The topological polar surface area (TPSA) is 81.5 Å². The molecule has 0 unspecified atom stereocenters. The van der Waals surface area contributed by atoms with Crippen molar-refractivity contribution in [2.24, 2.45) is 0 Å². The first-order chi connectivity index (χ1) is 13.6. The lowest BCUT2D eigenvalue weighted by atomic mass is 10.0. The van der Waals surface area contributed by atoms with E-state index >= 15 is 0 Å². The molecule has 6 nitrogen and oxygen atoms in total. The summed E-state index contributed by atoms with van der Waals surface area (Å²) in [6.45, 7) is 1.42. The highest BCUT2D eigenvalue weighted by Crippen LogP contribution is 2.27. The zero-order valence-corrected chi connectivity index (χ0v) is 15.4. The zero-order valence-electron chi connectivity index (χ0n) is 15.4. The summed E-state index contributed by atoms with van der Waals surface area (Å²) >= 11 is 0. The largest absolute Gasteiger partial charge is 0.359 e. The second-order valence-electron chi connectivity index (χ2n) is 6.27. The molecule has 0 fully saturated rings. The fraction of sp³-hybridized carbons (Fsp3) is 0.136. The Labute approximate surface area is 162 Å². The SMILES string of the molecule is Cc1c(NC(=O)COC(c2ccccc2)c2ccccc2)cccc1[N+](=O)[O-]. The van der Waals surface area contributed by atoms with Crippen molar-refractivity contribution in [3.05, 3.63) is 106 Å². The molecule has 142 valence electrons. The van der Waals surface area contributed by atoms with Crippen molar-refractivity contribution in [1.29, 1.82) is 0 Å². The fourth-order valence-electron chi connectivity index (χ4n) is 2.94. The van der Waals surface area contributed by atoms with Crippen LogP contribution in [0.3, 0.4) is 0 Å². The number of hydrogen-bond donors (Lipinski definition) is 1. The Morgan fingerprint density at radius 2 is 1.54 bits per heavy atom. The first kappa shape index (κ1) is 19.3. The highest BCUT2D eigenvalue weighted by atomic mass is 16.6. The molecule has 0 atom stereocenters. The first-order valence-electron chi connectivity index (χ1n) is 8.81. The van der Waals surface area contributed by atoms with Crippen molar-refractivity contribution < 1.29 is 14.5 Å². The zero-order chi connectivity index (χ0) is 19.9. The van der Waals surface area contributed by atoms with Crippen LogP contribution in [0.2, 0.25) is 0 Å². The molecule has 1 N–H and O–H groups in total. The third kappa shape index (κ3) is 4.61. The first-order valence-corrected chi connectivity index (χ1v) is 8.81. The molecule has 0 aromatic heterocycles. The van der Waals surface area contributed by atoms with Gasteiger partial charge < -0.3 is 10.1 Å². The minimum atomic E-state index is -0.470. The van der Waals surface area contributed by atoms with Crippen molar-refractivity contribution in [3.63, 3.8) is 0 Å². The highest BCUT2D eigenvalue weighted by Gasteiger charge is 2.18. The minimum absolute atomic E-state index is 0.0369. The quantitative estimate of drug-likeness (QED) is 0.481. The number of amides is 1. The number of nitrogens with one attached hydrogen (secondary N) is 1. The van der Waals surface area contributed by atoms with Gasteiger partial charge >= 0.3 is 0 Å². The molecule has 0 bridgehead atoms. The average molecular weight is 376 g/mol. The Morgan fingerprint density at radius 1 is 0.964 bits per heavy atom. The molecule has 0 saturated heterocycles. The van der Waals surface area contributed by atoms with Crippen molar-refractivity contribution in [1.82, 2.24) is 0 Å². The molecule has 3 rings (SSSR count). The number of nitro benzene ring substituents is 1. The summed E-state index contributed by atoms with van der Waals surface area (Å²) in [6, 6.07) is 23.9. The third-order valence-corrected chi connectivity index (χ3v) is 4.36. The Hall–Kier alpha value is -3.51. The molecule has 0 spiro atoms. The number of rotatable bonds is 7. The van der Waals surface area contributed by atoms with Gasteiger partial charge in [0, 0.05) is 6.07 Å². The Bertz CT molecular complexity index is 919. The third-order valence-electron chi connectivity index (χ3n) is 4.36. The van der Waals surface area contributed by atoms with Crippen LogP contribution in [0.1, 0.15) is 22.8 Å². The van der Waals surface area contributed by atoms with E-state index in [1.165, 1.54) is 6.07 Å². The van der Waals surface area contributed by atoms with Crippen molar-refractivity contribution in [2.45, 2.75) is 13.0 Å². The Kier molecular flexibility index (Phi) is 6.14. The van der Waals surface area contributed by atoms with Crippen molar-refractivity contribution >= 4 is 17.3 Å². The molecule has 6 heteroatoms. The summed E-state index contributed by atoms with van der Waals surface area (Å²) in [7, 11) is 0. The normalized spacial score (nSPS) is 10.6. The number of carbonyl (C=O) groups is 1. The van der Waals surface area contributed by atoms with E-state index in [-0.39, 0.29) is 24.3 Å². The van der Waals surface area contributed by atoms with Gasteiger partial charge in [-0.05, 0) is 24.1 Å². The van der Waals surface area contributed by atoms with Gasteiger partial charge in [0.1, 0.15) is 12.7 Å². The predicted molar refractivity (Wildman–Crippen MR) is 107 cm³/mol. The van der Waals surface area contributed by atoms with Gasteiger partial charge in [-0.2, -0.15) is 0 Å². The summed E-state index contributed by atoms with van der Waals surface area (Å²) in [5.41, 5.74) is 2.65. The van der Waals surface area contributed by atoms with Gasteiger partial charge in [-0.15, -0.1) is 0 Å². The minimum Gasteiger partial charge on any atom is -0.359 e. The van der Waals surface area contributed by atoms with Crippen LogP contribution in [-0.2, 0) is 9.53 Å². The van der Waals surface area contributed by atoms with Gasteiger partial charge in [0.25, 0.3) is 5.69 Å². The van der Waals surface area contributed by atoms with Gasteiger partial charge in [0.05, 0.1) is 16.2 Å². The number of carbonyl (C=O) groups excluding carboxylic acids is 1. The predicted octanol–water partition coefficient (Wildman–Crippen LogP) is 4.65. The molecule has 1 amide bonds. The maximum Gasteiger partial charge on any atom is 0.274 e. The molecule has 3 aromatic carbocycles. The Morgan fingerprint density at radius 3 is 2.07 bits per heavy atom. The monoisotopic (exact) mass is 376 g/mol. The second-order valence-corrected chi connectivity index (χ2v) is 6.27. The van der Waals surface area contributed by atoms with E-state index < -0.39 is 4.92 Å². The van der Waals surface area contributed by atoms with E-state index in [2.05, 4.69) is 5.32 Å². The van der Waals surface area contributed by atoms with Crippen molar-refractivity contribution in [2.75, 3.05) is 11.9 Å². The molecule has 0 saturated carbocycles. The van der Waals surface area contributed by atoms with E-state index in [1.54, 1.807) is 19.1 Å². The molecule has 0 aliphatic heterocycles. The van der Waals surface area contributed by atoms with Crippen LogP contribution in [0.25, 0.3) is 0 Å². The molecule has 0 aliphatic carbocycles. The summed E-state index contributed by atoms with van der Waals surface area (Å²) in [5.74, 6) is -0.375. The van der Waals surface area contributed by atoms with E-state index in [9.17, 15) is 14.9 Å². The summed E-state index contributed by atoms with van der Waals surface area (Å²) in [4.78, 5) is 23.0. The van der Waals surface area contributed by atoms with Crippen molar-refractivity contribution in [3.8, 4) is 0 Å². The molecule has 0 radical (unpaired) electrons. The van der Waals surface area contributed by atoms with Crippen LogP contribution in [0.15, 0.2) is 78.9 Å². The van der Waals surface area contributed by atoms with Gasteiger partial charge in [0.15, 0.2) is 0 Å². The van der Waals surface area contributed by atoms with E-state index in [0.29, 0.717) is 11.3 Å². The number of hydrogen-bond acceptors (Lipinski definition) is 4. The molecule has 28 heavy (non-hydrogen) atoms. The molecule has 3 aromatic rings. The number of anilines is 1. The van der Waals surface area contributed by atoms with E-state index in [4.69, 9.17) is 4.74 Å². The average Bonchev–Trinajstić information content (AvgIpc) is 2.71. The van der Waals surface area contributed by atoms with Gasteiger partial charge in [-0.25, -0.2) is 0 Å². The number of benzene rings is 3. The van der Waals surface area contributed by atoms with Crippen LogP contribution in [0.4, 0.5) is 11.4 Å². The number of nitro groups is 1. The lowest BCUT2D eigenvalue weighted by Gasteiger charge is -2.19. The second kappa shape index (κ2) is 8.92. The Balaban J connectivity index is 1.73. The highest BCUT2D eigenvalue weighted by molar-refractivity contribution is 5.93. The fourth-order valence-corrected chi connectivity index (χ4v) is 2.94. The van der Waals surface area contributed by atoms with Crippen LogP contribution >= 0.6 is 0 Å². The van der Waals surface area contributed by atoms with Crippen LogP contribution in [0.5, 0.6) is 0 Å². The summed E-state index contributed by atoms with van der Waals surface area (Å²) in [6.07, 6.45) is -0.389. The van der Waals surface area contributed by atoms with Gasteiger partial charge in [-0.1, -0.05) is 66.7 Å². The maximum atomic E-state index is 12.4. The van der Waals surface area contributed by atoms with Crippen LogP contribution < -0.4 is 5.32 Å². The molecular weight excluding hydrogens is 356 g/mol. The number of ether oxygens (including phenoxy) is 1. The van der Waals surface area contributed by atoms with Crippen LogP contribution in [-0.4, -0.2) is 17.4 Å². The summed E-state index contributed by atoms with van der Waals surface area (Å²) < 4.78 is 5.92. The lowest BCUT2D eigenvalue weighted by molar-refractivity contribution is -0.385. The van der Waals surface area contributed by atoms with Gasteiger partial charge in [0.2, 0.25) is 5.91 Å². The molecular formula is C22H20N2O4. The van der Waals surface area contributed by atoms with Gasteiger partial charge in [-0.3, -0.25) is 14.9 Å². The smallest absolute Gasteiger partial charge is 0.274 e. The number of nitrogens with zero attached hydrogens (tertiary/aromatic N) is 1. The lowest BCUT2D eigenvalue weighted by Crippen LogP contribution is -2.21. The molecule has 0 heterocycles. The van der Waals surface area contributed by atoms with E-state index in [1.807, 2.05) is 60.7 Å². The molecule has 0 aliphatic rings. The van der Waals surface area contributed by atoms with E-state index in [0.717, 1.165) is 11.1 Å². The van der Waals surface area contributed by atoms with Crippen LogP contribution in [0, 0.1) is 17.0 Å². The maximum absolute atomic E-state index is 12.4.